The maximum Gasteiger partial charge on any atom is 0.518 e. The number of halogens is 3. The van der Waals surface area contributed by atoms with Crippen LogP contribution in [-0.2, 0) is 10.0 Å². The van der Waals surface area contributed by atoms with Crippen molar-refractivity contribution < 1.29 is 21.6 Å². The third-order valence-corrected chi connectivity index (χ3v) is 2.93. The van der Waals surface area contributed by atoms with E-state index in [9.17, 15) is 21.6 Å². The monoisotopic (exact) mass is 243 g/mol. The quantitative estimate of drug-likeness (QED) is 0.746. The maximum atomic E-state index is 11.8. The molecule has 1 aromatic heterocycles. The largest absolute Gasteiger partial charge is 0.518 e. The SMILES string of the molecule is O=S(=O)(N=Cc1cccs1)C(F)(F)F. The van der Waals surface area contributed by atoms with Gasteiger partial charge >= 0.3 is 15.5 Å². The molecule has 0 spiro atoms. The Morgan fingerprint density at radius 1 is 1.43 bits per heavy atom. The summed E-state index contributed by atoms with van der Waals surface area (Å²) in [5.74, 6) is 0. The molecule has 0 atom stereocenters. The van der Waals surface area contributed by atoms with Crippen LogP contribution in [0.5, 0.6) is 0 Å². The second-order valence-electron chi connectivity index (χ2n) is 2.17. The molecular formula is C6H4F3NO2S2. The Hall–Kier alpha value is -0.890. The van der Waals surface area contributed by atoms with Crippen molar-refractivity contribution in [2.45, 2.75) is 5.51 Å². The van der Waals surface area contributed by atoms with E-state index in [4.69, 9.17) is 0 Å². The van der Waals surface area contributed by atoms with Crippen LogP contribution >= 0.6 is 11.3 Å². The molecule has 0 fully saturated rings. The lowest BCUT2D eigenvalue weighted by Crippen LogP contribution is -2.20. The number of nitrogens with zero attached hydrogens (tertiary/aromatic N) is 1. The maximum absolute atomic E-state index is 11.8. The van der Waals surface area contributed by atoms with E-state index >= 15 is 0 Å². The van der Waals surface area contributed by atoms with Crippen molar-refractivity contribution >= 4 is 27.6 Å². The van der Waals surface area contributed by atoms with Crippen LogP contribution in [0.1, 0.15) is 4.88 Å². The summed E-state index contributed by atoms with van der Waals surface area (Å²) in [5, 5.41) is 1.60. The molecule has 14 heavy (non-hydrogen) atoms. The summed E-state index contributed by atoms with van der Waals surface area (Å²) in [5.41, 5.74) is -5.33. The third-order valence-electron chi connectivity index (χ3n) is 1.15. The van der Waals surface area contributed by atoms with Crippen molar-refractivity contribution in [3.8, 4) is 0 Å². The van der Waals surface area contributed by atoms with Crippen molar-refractivity contribution in [1.82, 2.24) is 0 Å². The van der Waals surface area contributed by atoms with E-state index in [-0.39, 0.29) is 0 Å². The van der Waals surface area contributed by atoms with Gasteiger partial charge in [-0.15, -0.1) is 11.3 Å². The second-order valence-corrected chi connectivity index (χ2v) is 4.77. The number of thiophene rings is 1. The third kappa shape index (κ3) is 2.55. The summed E-state index contributed by atoms with van der Waals surface area (Å²) in [6, 6.07) is 3.03. The smallest absolute Gasteiger partial charge is 0.195 e. The molecule has 1 heterocycles. The van der Waals surface area contributed by atoms with Crippen molar-refractivity contribution in [3.05, 3.63) is 22.4 Å². The molecule has 0 aromatic carbocycles. The first-order valence-corrected chi connectivity index (χ1v) is 5.55. The lowest BCUT2D eigenvalue weighted by molar-refractivity contribution is -0.0435. The average molecular weight is 243 g/mol. The van der Waals surface area contributed by atoms with E-state index in [2.05, 4.69) is 4.40 Å². The Morgan fingerprint density at radius 3 is 2.50 bits per heavy atom. The van der Waals surface area contributed by atoms with Crippen LogP contribution in [0.25, 0.3) is 0 Å². The molecule has 1 rings (SSSR count). The zero-order valence-corrected chi connectivity index (χ0v) is 8.16. The molecule has 3 nitrogen and oxygen atoms in total. The highest BCUT2D eigenvalue weighted by atomic mass is 32.2. The van der Waals surface area contributed by atoms with Crippen LogP contribution in [0.15, 0.2) is 21.9 Å². The van der Waals surface area contributed by atoms with E-state index in [1.165, 1.54) is 6.07 Å². The molecule has 0 radical (unpaired) electrons. The standard InChI is InChI=1S/C6H4F3NO2S2/c7-6(8,9)14(11,12)10-4-5-2-1-3-13-5/h1-4H. The van der Waals surface area contributed by atoms with Gasteiger partial charge in [-0.05, 0) is 11.4 Å². The van der Waals surface area contributed by atoms with Gasteiger partial charge in [-0.3, -0.25) is 0 Å². The summed E-state index contributed by atoms with van der Waals surface area (Å²) in [6.07, 6.45) is 0.674. The van der Waals surface area contributed by atoms with Crippen molar-refractivity contribution in [2.24, 2.45) is 4.40 Å². The van der Waals surface area contributed by atoms with E-state index < -0.39 is 15.5 Å². The molecule has 8 heteroatoms. The predicted molar refractivity (Wildman–Crippen MR) is 46.9 cm³/mol. The minimum Gasteiger partial charge on any atom is -0.195 e. The van der Waals surface area contributed by atoms with E-state index in [1.54, 1.807) is 11.4 Å². The van der Waals surface area contributed by atoms with E-state index in [0.29, 0.717) is 11.1 Å². The minimum atomic E-state index is -5.40. The first-order valence-electron chi connectivity index (χ1n) is 3.23. The van der Waals surface area contributed by atoms with Crippen LogP contribution in [-0.4, -0.2) is 20.1 Å². The van der Waals surface area contributed by atoms with Gasteiger partial charge in [-0.25, -0.2) is 0 Å². The van der Waals surface area contributed by atoms with Gasteiger partial charge in [0.25, 0.3) is 0 Å². The highest BCUT2D eigenvalue weighted by Crippen LogP contribution is 2.24. The topological polar surface area (TPSA) is 46.5 Å². The molecule has 1 aromatic rings. The first-order chi connectivity index (χ1) is 6.33. The first kappa shape index (κ1) is 11.2. The number of hydrogen-bond acceptors (Lipinski definition) is 3. The van der Waals surface area contributed by atoms with Gasteiger partial charge in [-0.1, -0.05) is 6.07 Å². The fraction of sp³-hybridized carbons (Fsp3) is 0.167. The molecule has 0 saturated carbocycles. The summed E-state index contributed by atoms with van der Waals surface area (Å²) >= 11 is 1.09. The van der Waals surface area contributed by atoms with Crippen LogP contribution in [0, 0.1) is 0 Å². The van der Waals surface area contributed by atoms with Crippen LogP contribution in [0.4, 0.5) is 13.2 Å². The fourth-order valence-corrected chi connectivity index (χ4v) is 1.57. The number of sulfonamides is 1. The van der Waals surface area contributed by atoms with Gasteiger partial charge in [0, 0.05) is 4.88 Å². The summed E-state index contributed by atoms with van der Waals surface area (Å²) in [7, 11) is -5.40. The number of hydrogen-bond donors (Lipinski definition) is 0. The second kappa shape index (κ2) is 3.70. The predicted octanol–water partition coefficient (Wildman–Crippen LogP) is 2.02. The van der Waals surface area contributed by atoms with Crippen LogP contribution in [0.3, 0.4) is 0 Å². The molecule has 0 aliphatic carbocycles. The van der Waals surface area contributed by atoms with E-state index in [0.717, 1.165) is 11.3 Å². The molecule has 0 aliphatic rings. The molecule has 0 N–H and O–H groups in total. The average Bonchev–Trinajstić information content (AvgIpc) is 2.50. The van der Waals surface area contributed by atoms with Crippen LogP contribution < -0.4 is 0 Å². The summed E-state index contributed by atoms with van der Waals surface area (Å²) in [4.78, 5) is 0.345. The normalized spacial score (nSPS) is 13.6. The van der Waals surface area contributed by atoms with Gasteiger partial charge in [0.15, 0.2) is 0 Å². The van der Waals surface area contributed by atoms with Crippen LogP contribution in [0.2, 0.25) is 0 Å². The lowest BCUT2D eigenvalue weighted by atomic mass is 10.5. The van der Waals surface area contributed by atoms with Crippen molar-refractivity contribution in [2.75, 3.05) is 0 Å². The highest BCUT2D eigenvalue weighted by molar-refractivity contribution is 7.91. The van der Waals surface area contributed by atoms with Gasteiger partial charge in [0.05, 0.1) is 6.21 Å². The summed E-state index contributed by atoms with van der Waals surface area (Å²) in [6.45, 7) is 0. The molecule has 0 amide bonds. The van der Waals surface area contributed by atoms with Gasteiger partial charge in [0.2, 0.25) is 0 Å². The zero-order valence-electron chi connectivity index (χ0n) is 6.52. The Bertz CT molecular complexity index is 418. The zero-order chi connectivity index (χ0) is 10.8. The Labute approximate surface area is 82.0 Å². The van der Waals surface area contributed by atoms with E-state index in [1.807, 2.05) is 0 Å². The Kier molecular flexibility index (Phi) is 2.95. The molecule has 0 bridgehead atoms. The van der Waals surface area contributed by atoms with Gasteiger partial charge in [0.1, 0.15) is 0 Å². The number of alkyl halides is 3. The molecule has 0 saturated heterocycles. The molecule has 78 valence electrons. The summed E-state index contributed by atoms with van der Waals surface area (Å²) < 4.78 is 58.7. The number of rotatable bonds is 2. The minimum absolute atomic E-state index is 0.345. The molecular weight excluding hydrogens is 239 g/mol. The Balaban J connectivity index is 2.90. The lowest BCUT2D eigenvalue weighted by Gasteiger charge is -2.00. The van der Waals surface area contributed by atoms with Gasteiger partial charge in [-0.2, -0.15) is 26.0 Å². The fourth-order valence-electron chi connectivity index (χ4n) is 0.546. The van der Waals surface area contributed by atoms with Gasteiger partial charge < -0.3 is 0 Å². The van der Waals surface area contributed by atoms with Crippen molar-refractivity contribution in [3.63, 3.8) is 0 Å². The molecule has 0 unspecified atom stereocenters. The Morgan fingerprint density at radius 2 is 2.07 bits per heavy atom. The molecule has 0 aliphatic heterocycles. The highest BCUT2D eigenvalue weighted by Gasteiger charge is 2.45. The van der Waals surface area contributed by atoms with Crippen molar-refractivity contribution in [1.29, 1.82) is 0 Å².